The predicted molar refractivity (Wildman–Crippen MR) is 125 cm³/mol. The van der Waals surface area contributed by atoms with Gasteiger partial charge in [0.1, 0.15) is 5.75 Å². The van der Waals surface area contributed by atoms with Gasteiger partial charge in [0, 0.05) is 12.8 Å². The lowest BCUT2D eigenvalue weighted by Gasteiger charge is -2.22. The number of hydrogen-bond donors (Lipinski definition) is 1. The third kappa shape index (κ3) is 4.67. The molecule has 0 aromatic heterocycles. The van der Waals surface area contributed by atoms with Gasteiger partial charge in [-0.15, -0.1) is 0 Å². The van der Waals surface area contributed by atoms with Crippen LogP contribution in [0.3, 0.4) is 0 Å². The van der Waals surface area contributed by atoms with E-state index in [0.717, 1.165) is 21.6 Å². The van der Waals surface area contributed by atoms with Crippen molar-refractivity contribution in [1.82, 2.24) is 4.72 Å². The minimum absolute atomic E-state index is 0.0700. The maximum atomic E-state index is 13.5. The van der Waals surface area contributed by atoms with Gasteiger partial charge in [-0.3, -0.25) is 9.59 Å². The molecule has 7 nitrogen and oxygen atoms in total. The molecule has 1 saturated heterocycles. The zero-order valence-electron chi connectivity index (χ0n) is 18.3. The Morgan fingerprint density at radius 1 is 0.879 bits per heavy atom. The van der Waals surface area contributed by atoms with Gasteiger partial charge < -0.3 is 4.74 Å². The van der Waals surface area contributed by atoms with E-state index < -0.39 is 16.1 Å². The van der Waals surface area contributed by atoms with Crippen LogP contribution >= 0.6 is 0 Å². The molecule has 8 heteroatoms. The van der Waals surface area contributed by atoms with E-state index in [4.69, 9.17) is 4.74 Å². The number of nitrogens with one attached hydrogen (secondary N) is 1. The summed E-state index contributed by atoms with van der Waals surface area (Å²) in [5.41, 5.74) is 2.71. The van der Waals surface area contributed by atoms with Gasteiger partial charge in [0.25, 0.3) is 0 Å². The molecule has 0 bridgehead atoms. The Labute approximate surface area is 193 Å². The van der Waals surface area contributed by atoms with E-state index in [1.807, 2.05) is 61.5 Å². The second-order valence-electron chi connectivity index (χ2n) is 7.84. The van der Waals surface area contributed by atoms with E-state index in [1.165, 1.54) is 25.3 Å². The van der Waals surface area contributed by atoms with Crippen molar-refractivity contribution in [2.75, 3.05) is 12.0 Å². The van der Waals surface area contributed by atoms with Gasteiger partial charge in [-0.2, -0.15) is 4.72 Å². The molecule has 0 saturated carbocycles. The molecule has 0 aliphatic carbocycles. The molecule has 0 radical (unpaired) electrons. The van der Waals surface area contributed by atoms with E-state index in [9.17, 15) is 18.0 Å². The van der Waals surface area contributed by atoms with E-state index in [1.54, 1.807) is 0 Å². The first kappa shape index (κ1) is 22.7. The number of ether oxygens (including phenoxy) is 1. The summed E-state index contributed by atoms with van der Waals surface area (Å²) in [5.74, 6) is -0.527. The number of carbonyl (C=O) groups excluding carboxylic acids is 2. The molecule has 4 rings (SSSR count). The molecule has 1 aliphatic heterocycles. The summed E-state index contributed by atoms with van der Waals surface area (Å²) in [6, 6.07) is 20.4. The van der Waals surface area contributed by atoms with E-state index in [2.05, 4.69) is 4.72 Å². The highest BCUT2D eigenvalue weighted by Crippen LogP contribution is 2.35. The van der Waals surface area contributed by atoms with Crippen LogP contribution in [0.1, 0.15) is 35.6 Å². The van der Waals surface area contributed by atoms with Crippen LogP contribution in [-0.4, -0.2) is 27.3 Å². The predicted octanol–water partition coefficient (Wildman–Crippen LogP) is 3.72. The Hall–Kier alpha value is -3.49. The van der Waals surface area contributed by atoms with E-state index >= 15 is 0 Å². The monoisotopic (exact) mass is 464 g/mol. The lowest BCUT2D eigenvalue weighted by atomic mass is 9.98. The van der Waals surface area contributed by atoms with Crippen molar-refractivity contribution < 1.29 is 22.7 Å². The molecule has 0 spiro atoms. The average molecular weight is 465 g/mol. The SMILES string of the molecule is COc1ccc(S(=O)(=O)N[C@H](c2ccccc2)c2cccc(C)c2)cc1N1C(=O)CCC1=O. The van der Waals surface area contributed by atoms with Crippen LogP contribution in [0.4, 0.5) is 5.69 Å². The van der Waals surface area contributed by atoms with Gasteiger partial charge in [0.2, 0.25) is 21.8 Å². The zero-order valence-corrected chi connectivity index (χ0v) is 19.1. The van der Waals surface area contributed by atoms with E-state index in [-0.39, 0.29) is 41.0 Å². The van der Waals surface area contributed by atoms with Crippen molar-refractivity contribution in [1.29, 1.82) is 0 Å². The van der Waals surface area contributed by atoms with Crippen LogP contribution < -0.4 is 14.4 Å². The molecule has 1 fully saturated rings. The number of amides is 2. The minimum Gasteiger partial charge on any atom is -0.495 e. The fraction of sp³-hybridized carbons (Fsp3) is 0.200. The van der Waals surface area contributed by atoms with Crippen molar-refractivity contribution in [3.63, 3.8) is 0 Å². The van der Waals surface area contributed by atoms with E-state index in [0.29, 0.717) is 0 Å². The summed E-state index contributed by atoms with van der Waals surface area (Å²) in [6.07, 6.45) is 0.168. The highest BCUT2D eigenvalue weighted by molar-refractivity contribution is 7.89. The fourth-order valence-corrected chi connectivity index (χ4v) is 5.14. The number of benzene rings is 3. The highest BCUT2D eigenvalue weighted by Gasteiger charge is 2.33. The maximum absolute atomic E-state index is 13.5. The molecule has 3 aromatic rings. The molecule has 1 aliphatic rings. The largest absolute Gasteiger partial charge is 0.495 e. The Bertz CT molecular complexity index is 1290. The second kappa shape index (κ2) is 9.17. The quantitative estimate of drug-likeness (QED) is 0.538. The summed E-state index contributed by atoms with van der Waals surface area (Å²) >= 11 is 0. The van der Waals surface area contributed by atoms with Crippen LogP contribution in [-0.2, 0) is 19.6 Å². The molecule has 170 valence electrons. The van der Waals surface area contributed by atoms with Gasteiger partial charge in [-0.25, -0.2) is 13.3 Å². The van der Waals surface area contributed by atoms with Crippen LogP contribution in [0, 0.1) is 6.92 Å². The Morgan fingerprint density at radius 2 is 1.55 bits per heavy atom. The van der Waals surface area contributed by atoms with Crippen LogP contribution in [0.5, 0.6) is 5.75 Å². The smallest absolute Gasteiger partial charge is 0.241 e. The number of methoxy groups -OCH3 is 1. The average Bonchev–Trinajstić information content (AvgIpc) is 3.15. The molecule has 33 heavy (non-hydrogen) atoms. The molecule has 1 N–H and O–H groups in total. The third-order valence-electron chi connectivity index (χ3n) is 5.53. The molecule has 0 unspecified atom stereocenters. The lowest BCUT2D eigenvalue weighted by molar-refractivity contribution is -0.121. The number of rotatable bonds is 7. The number of aryl methyl sites for hydroxylation is 1. The number of anilines is 1. The normalized spacial score (nSPS) is 15.0. The summed E-state index contributed by atoms with van der Waals surface area (Å²) in [5, 5.41) is 0. The minimum atomic E-state index is -4.04. The van der Waals surface area contributed by atoms with Gasteiger partial charge >= 0.3 is 0 Å². The first-order valence-corrected chi connectivity index (χ1v) is 12.0. The second-order valence-corrected chi connectivity index (χ2v) is 9.55. The first-order chi connectivity index (χ1) is 15.8. The van der Waals surface area contributed by atoms with Crippen LogP contribution in [0.15, 0.2) is 77.7 Å². The topological polar surface area (TPSA) is 92.8 Å². The van der Waals surface area contributed by atoms with Crippen molar-refractivity contribution in [3.05, 3.63) is 89.5 Å². The number of sulfonamides is 1. The maximum Gasteiger partial charge on any atom is 0.241 e. The van der Waals surface area contributed by atoms with Crippen molar-refractivity contribution in [3.8, 4) is 5.75 Å². The van der Waals surface area contributed by atoms with Gasteiger partial charge in [-0.05, 0) is 36.2 Å². The third-order valence-corrected chi connectivity index (χ3v) is 6.95. The number of nitrogens with zero attached hydrogens (tertiary/aromatic N) is 1. The summed E-state index contributed by atoms with van der Waals surface area (Å²) in [6.45, 7) is 1.94. The molecule has 1 heterocycles. The number of hydrogen-bond acceptors (Lipinski definition) is 5. The van der Waals surface area contributed by atoms with Crippen molar-refractivity contribution in [2.24, 2.45) is 0 Å². The molecule has 2 amide bonds. The van der Waals surface area contributed by atoms with Crippen LogP contribution in [0.2, 0.25) is 0 Å². The fourth-order valence-electron chi connectivity index (χ4n) is 3.90. The number of carbonyl (C=O) groups is 2. The molecular formula is C25H24N2O5S. The van der Waals surface area contributed by atoms with Gasteiger partial charge in [-0.1, -0.05) is 60.2 Å². The highest BCUT2D eigenvalue weighted by atomic mass is 32.2. The molecular weight excluding hydrogens is 440 g/mol. The summed E-state index contributed by atoms with van der Waals surface area (Å²) in [7, 11) is -2.63. The summed E-state index contributed by atoms with van der Waals surface area (Å²) < 4.78 is 35.0. The first-order valence-electron chi connectivity index (χ1n) is 10.5. The standard InChI is InChI=1S/C25H24N2O5S/c1-17-7-6-10-19(15-17)25(18-8-4-3-5-9-18)26-33(30,31)20-11-12-22(32-2)21(16-20)27-23(28)13-14-24(27)29/h3-12,15-16,25-26H,13-14H2,1-2H3/t25-/m1/s1. The zero-order chi connectivity index (χ0) is 23.6. The van der Waals surface area contributed by atoms with Crippen molar-refractivity contribution in [2.45, 2.75) is 30.7 Å². The number of imide groups is 1. The van der Waals surface area contributed by atoms with Gasteiger partial charge in [0.05, 0.1) is 23.7 Å². The van der Waals surface area contributed by atoms with Crippen molar-refractivity contribution >= 4 is 27.5 Å². The lowest BCUT2D eigenvalue weighted by Crippen LogP contribution is -2.31. The van der Waals surface area contributed by atoms with Gasteiger partial charge in [0.15, 0.2) is 0 Å². The van der Waals surface area contributed by atoms with Crippen LogP contribution in [0.25, 0.3) is 0 Å². The Kier molecular flexibility index (Phi) is 6.31. The molecule has 1 atom stereocenters. The summed E-state index contributed by atoms with van der Waals surface area (Å²) in [4.78, 5) is 25.5. The Morgan fingerprint density at radius 3 is 2.18 bits per heavy atom. The Balaban J connectivity index is 1.76. The molecule has 3 aromatic carbocycles.